The second-order valence-corrected chi connectivity index (χ2v) is 3.95. The van der Waals surface area contributed by atoms with Crippen LogP contribution >= 0.6 is 0 Å². The third-order valence-corrected chi connectivity index (χ3v) is 2.59. The molecular weight excluding hydrogens is 260 g/mol. The summed E-state index contributed by atoms with van der Waals surface area (Å²) < 4.78 is 10.8. The largest absolute Gasteiger partial charge is 0.497 e. The van der Waals surface area contributed by atoms with E-state index in [2.05, 4.69) is 6.92 Å². The lowest BCUT2D eigenvalue weighted by Gasteiger charge is -2.07. The second kappa shape index (κ2) is 11.8. The minimum Gasteiger partial charge on any atom is -0.497 e. The molecule has 0 fully saturated rings. The van der Waals surface area contributed by atoms with E-state index < -0.39 is 0 Å². The van der Waals surface area contributed by atoms with Crippen LogP contribution in [0.15, 0.2) is 48.5 Å². The van der Waals surface area contributed by atoms with Crippen LogP contribution in [0.3, 0.4) is 0 Å². The van der Waals surface area contributed by atoms with Gasteiger partial charge in [-0.25, -0.2) is 0 Å². The maximum absolute atomic E-state index is 5.68. The monoisotopic (exact) mass is 288 g/mol. The van der Waals surface area contributed by atoms with Gasteiger partial charge in [0.15, 0.2) is 0 Å². The Hall–Kier alpha value is -1.96. The molecule has 0 N–H and O–H groups in total. The van der Waals surface area contributed by atoms with Gasteiger partial charge >= 0.3 is 0 Å². The van der Waals surface area contributed by atoms with Gasteiger partial charge in [0.1, 0.15) is 18.1 Å². The highest BCUT2D eigenvalue weighted by Crippen LogP contribution is 2.15. The zero-order valence-electron chi connectivity index (χ0n) is 14.1. The van der Waals surface area contributed by atoms with E-state index in [1.54, 1.807) is 7.11 Å². The summed E-state index contributed by atoms with van der Waals surface area (Å²) in [6, 6.07) is 16.0. The number of benzene rings is 2. The van der Waals surface area contributed by atoms with Gasteiger partial charge < -0.3 is 9.47 Å². The van der Waals surface area contributed by atoms with E-state index in [1.807, 2.05) is 76.2 Å². The van der Waals surface area contributed by atoms with Crippen molar-refractivity contribution in [2.75, 3.05) is 7.11 Å². The fourth-order valence-electron chi connectivity index (χ4n) is 1.52. The average Bonchev–Trinajstić information content (AvgIpc) is 2.58. The average molecular weight is 288 g/mol. The topological polar surface area (TPSA) is 18.5 Å². The Morgan fingerprint density at radius 2 is 1.19 bits per heavy atom. The van der Waals surface area contributed by atoms with Crippen LogP contribution in [0.5, 0.6) is 11.5 Å². The molecule has 2 aromatic carbocycles. The molecular formula is C19H28O2. The number of hydrogen-bond acceptors (Lipinski definition) is 2. The summed E-state index contributed by atoms with van der Waals surface area (Å²) in [5, 5.41) is 0. The van der Waals surface area contributed by atoms with Gasteiger partial charge in [-0.1, -0.05) is 57.5 Å². The molecule has 0 unspecified atom stereocenters. The highest BCUT2D eigenvalue weighted by atomic mass is 16.5. The summed E-state index contributed by atoms with van der Waals surface area (Å²) in [7, 11) is 1.66. The van der Waals surface area contributed by atoms with Crippen molar-refractivity contribution in [2.24, 2.45) is 0 Å². The van der Waals surface area contributed by atoms with Gasteiger partial charge in [0.2, 0.25) is 0 Å². The first-order chi connectivity index (χ1) is 10.3. The predicted molar refractivity (Wildman–Crippen MR) is 91.2 cm³/mol. The first kappa shape index (κ1) is 19.0. The normalized spacial score (nSPS) is 8.67. The van der Waals surface area contributed by atoms with Crippen molar-refractivity contribution in [3.63, 3.8) is 0 Å². The predicted octanol–water partition coefficient (Wildman–Crippen LogP) is 5.64. The third-order valence-electron chi connectivity index (χ3n) is 2.59. The van der Waals surface area contributed by atoms with Crippen molar-refractivity contribution in [1.29, 1.82) is 0 Å². The van der Waals surface area contributed by atoms with Gasteiger partial charge in [0.25, 0.3) is 0 Å². The summed E-state index contributed by atoms with van der Waals surface area (Å²) >= 11 is 0. The highest BCUT2D eigenvalue weighted by Gasteiger charge is 1.96. The number of methoxy groups -OCH3 is 1. The molecule has 2 heteroatoms. The molecule has 2 nitrogen and oxygen atoms in total. The van der Waals surface area contributed by atoms with Crippen molar-refractivity contribution >= 4 is 0 Å². The lowest BCUT2D eigenvalue weighted by molar-refractivity contribution is 0.306. The Morgan fingerprint density at radius 1 is 0.714 bits per heavy atom. The maximum Gasteiger partial charge on any atom is 0.119 e. The lowest BCUT2D eigenvalue weighted by atomic mass is 10.2. The third kappa shape index (κ3) is 7.40. The molecule has 0 atom stereocenters. The zero-order valence-corrected chi connectivity index (χ0v) is 14.1. The van der Waals surface area contributed by atoms with Gasteiger partial charge in [0.05, 0.1) is 7.11 Å². The molecule has 116 valence electrons. The SMILES string of the molecule is CC.CC.COc1ccc(COc2ccc(C)cc2)cc1. The van der Waals surface area contributed by atoms with E-state index in [0.29, 0.717) is 6.61 Å². The standard InChI is InChI=1S/C15H16O2.2C2H6/c1-12-3-7-15(8-4-12)17-11-13-5-9-14(16-2)10-6-13;2*1-2/h3-10H,11H2,1-2H3;2*1-2H3. The molecule has 0 amide bonds. The molecule has 0 saturated heterocycles. The van der Waals surface area contributed by atoms with Gasteiger partial charge in [-0.3, -0.25) is 0 Å². The molecule has 2 rings (SSSR count). The fourth-order valence-corrected chi connectivity index (χ4v) is 1.52. The smallest absolute Gasteiger partial charge is 0.119 e. The van der Waals surface area contributed by atoms with Gasteiger partial charge in [-0.05, 0) is 36.8 Å². The molecule has 0 aliphatic heterocycles. The number of rotatable bonds is 4. The zero-order chi connectivity index (χ0) is 16.1. The lowest BCUT2D eigenvalue weighted by Crippen LogP contribution is -1.95. The Kier molecular flexibility index (Phi) is 10.7. The Labute approximate surface area is 129 Å². The Bertz CT molecular complexity index is 458. The first-order valence-electron chi connectivity index (χ1n) is 7.60. The van der Waals surface area contributed by atoms with Crippen LogP contribution in [0.4, 0.5) is 0 Å². The van der Waals surface area contributed by atoms with Crippen LogP contribution < -0.4 is 9.47 Å². The molecule has 0 saturated carbocycles. The molecule has 0 bridgehead atoms. The molecule has 0 radical (unpaired) electrons. The number of hydrogen-bond donors (Lipinski definition) is 0. The molecule has 0 aliphatic rings. The van der Waals surface area contributed by atoms with Crippen LogP contribution in [0, 0.1) is 6.92 Å². The molecule has 0 heterocycles. The minimum absolute atomic E-state index is 0.576. The summed E-state index contributed by atoms with van der Waals surface area (Å²) in [5.74, 6) is 1.76. The van der Waals surface area contributed by atoms with Crippen LogP contribution in [0.25, 0.3) is 0 Å². The van der Waals surface area contributed by atoms with E-state index in [-0.39, 0.29) is 0 Å². The Balaban J connectivity index is 0.000000921. The molecule has 21 heavy (non-hydrogen) atoms. The summed E-state index contributed by atoms with van der Waals surface area (Å²) in [5.41, 5.74) is 2.37. The van der Waals surface area contributed by atoms with Crippen molar-refractivity contribution in [1.82, 2.24) is 0 Å². The van der Waals surface area contributed by atoms with E-state index in [9.17, 15) is 0 Å². The van der Waals surface area contributed by atoms with Crippen molar-refractivity contribution < 1.29 is 9.47 Å². The fraction of sp³-hybridized carbons (Fsp3) is 0.368. The minimum atomic E-state index is 0.576. The highest BCUT2D eigenvalue weighted by molar-refractivity contribution is 5.29. The van der Waals surface area contributed by atoms with Crippen LogP contribution in [0.1, 0.15) is 38.8 Å². The van der Waals surface area contributed by atoms with Crippen molar-refractivity contribution in [2.45, 2.75) is 41.2 Å². The molecule has 2 aromatic rings. The summed E-state index contributed by atoms with van der Waals surface area (Å²) in [4.78, 5) is 0. The molecule has 0 aromatic heterocycles. The van der Waals surface area contributed by atoms with Crippen LogP contribution in [-0.2, 0) is 6.61 Å². The van der Waals surface area contributed by atoms with Crippen LogP contribution in [0.2, 0.25) is 0 Å². The van der Waals surface area contributed by atoms with Gasteiger partial charge in [-0.15, -0.1) is 0 Å². The van der Waals surface area contributed by atoms with E-state index in [0.717, 1.165) is 17.1 Å². The molecule has 0 spiro atoms. The van der Waals surface area contributed by atoms with Crippen molar-refractivity contribution in [3.8, 4) is 11.5 Å². The van der Waals surface area contributed by atoms with Gasteiger partial charge in [-0.2, -0.15) is 0 Å². The summed E-state index contributed by atoms with van der Waals surface area (Å²) in [6.45, 7) is 10.6. The quantitative estimate of drug-likeness (QED) is 0.725. The van der Waals surface area contributed by atoms with Crippen LogP contribution in [-0.4, -0.2) is 7.11 Å². The van der Waals surface area contributed by atoms with E-state index in [1.165, 1.54) is 5.56 Å². The second-order valence-electron chi connectivity index (χ2n) is 3.95. The molecule has 0 aliphatic carbocycles. The van der Waals surface area contributed by atoms with Crippen molar-refractivity contribution in [3.05, 3.63) is 59.7 Å². The van der Waals surface area contributed by atoms with E-state index >= 15 is 0 Å². The Morgan fingerprint density at radius 3 is 1.67 bits per heavy atom. The van der Waals surface area contributed by atoms with Gasteiger partial charge in [0, 0.05) is 0 Å². The number of ether oxygens (including phenoxy) is 2. The summed E-state index contributed by atoms with van der Waals surface area (Å²) in [6.07, 6.45) is 0. The number of aryl methyl sites for hydroxylation is 1. The first-order valence-corrected chi connectivity index (χ1v) is 7.60. The van der Waals surface area contributed by atoms with E-state index in [4.69, 9.17) is 9.47 Å². The maximum atomic E-state index is 5.68.